The summed E-state index contributed by atoms with van der Waals surface area (Å²) >= 11 is 6.30. The molecule has 2 atom stereocenters. The van der Waals surface area contributed by atoms with E-state index in [0.717, 1.165) is 51.5 Å². The number of methoxy groups -OCH3 is 2. The maximum Gasteiger partial charge on any atom is 0.328 e. The molecule has 0 saturated carbocycles. The Kier molecular flexibility index (Phi) is 14.3. The van der Waals surface area contributed by atoms with E-state index >= 15 is 0 Å². The molecule has 0 aliphatic carbocycles. The highest BCUT2D eigenvalue weighted by molar-refractivity contribution is 6.34. The molecule has 1 aromatic carbocycles. The van der Waals surface area contributed by atoms with Crippen molar-refractivity contribution in [2.75, 3.05) is 26.1 Å². The first-order chi connectivity index (χ1) is 19.9. The number of amides is 2. The third-order valence-electron chi connectivity index (χ3n) is 7.20. The van der Waals surface area contributed by atoms with E-state index in [2.05, 4.69) is 15.5 Å². The van der Waals surface area contributed by atoms with Crippen molar-refractivity contribution in [1.82, 2.24) is 10.2 Å². The first-order valence-electron chi connectivity index (χ1n) is 13.9. The predicted octanol–water partition coefficient (Wildman–Crippen LogP) is 3.87. The fourth-order valence-electron chi connectivity index (χ4n) is 5.39. The number of carboxylic acids is 2. The number of hydrogen-bond donors (Lipinski definition) is 4. The van der Waals surface area contributed by atoms with Crippen molar-refractivity contribution in [3.63, 3.8) is 0 Å². The molecule has 0 spiro atoms. The van der Waals surface area contributed by atoms with Gasteiger partial charge in [-0.3, -0.25) is 19.3 Å². The van der Waals surface area contributed by atoms with E-state index in [-0.39, 0.29) is 23.8 Å². The topological polar surface area (TPSA) is 172 Å². The van der Waals surface area contributed by atoms with E-state index in [1.165, 1.54) is 27.6 Å². The van der Waals surface area contributed by atoms with Gasteiger partial charge < -0.3 is 30.3 Å². The molecule has 2 aliphatic rings. The summed E-state index contributed by atoms with van der Waals surface area (Å²) in [5, 5.41) is 21.8. The fourth-order valence-corrected chi connectivity index (χ4v) is 5.61. The monoisotopic (exact) mass is 609 g/mol. The number of halogens is 1. The largest absolute Gasteiger partial charge is 0.496 e. The molecule has 0 radical (unpaired) electrons. The molecule has 3 rings (SSSR count). The summed E-state index contributed by atoms with van der Waals surface area (Å²) in [5.41, 5.74) is 0.775. The van der Waals surface area contributed by atoms with E-state index in [1.807, 2.05) is 0 Å². The second kappa shape index (κ2) is 17.3. The quantitative estimate of drug-likeness (QED) is 0.155. The molecule has 2 bridgehead atoms. The van der Waals surface area contributed by atoms with Gasteiger partial charge in [-0.25, -0.2) is 9.59 Å². The molecule has 2 saturated heterocycles. The van der Waals surface area contributed by atoms with Gasteiger partial charge in [0, 0.05) is 49.7 Å². The van der Waals surface area contributed by atoms with Crippen molar-refractivity contribution in [1.29, 1.82) is 0 Å². The number of esters is 1. The molecule has 12 nitrogen and oxygen atoms in total. The summed E-state index contributed by atoms with van der Waals surface area (Å²) in [4.78, 5) is 57.5. The Hall–Kier alpha value is -3.64. The Morgan fingerprint density at radius 2 is 1.62 bits per heavy atom. The number of rotatable bonds is 12. The van der Waals surface area contributed by atoms with Crippen LogP contribution in [0.25, 0.3) is 0 Å². The first kappa shape index (κ1) is 34.6. The summed E-state index contributed by atoms with van der Waals surface area (Å²) in [6.07, 6.45) is 9.90. The van der Waals surface area contributed by atoms with Gasteiger partial charge in [0.05, 0.1) is 30.5 Å². The van der Waals surface area contributed by atoms with Gasteiger partial charge >= 0.3 is 17.9 Å². The van der Waals surface area contributed by atoms with Crippen LogP contribution in [0.4, 0.5) is 5.69 Å². The van der Waals surface area contributed by atoms with Crippen LogP contribution in [0.5, 0.6) is 5.75 Å². The molecule has 2 heterocycles. The zero-order chi connectivity index (χ0) is 31.2. The maximum atomic E-state index is 13.1. The summed E-state index contributed by atoms with van der Waals surface area (Å²) in [6, 6.07) is 4.15. The number of anilines is 1. The number of piperidine rings is 2. The molecule has 2 amide bonds. The Balaban J connectivity index is 0.000000675. The predicted molar refractivity (Wildman–Crippen MR) is 156 cm³/mol. The number of carbonyl (C=O) groups is 5. The number of hydrogen-bond acceptors (Lipinski definition) is 8. The van der Waals surface area contributed by atoms with E-state index in [9.17, 15) is 24.0 Å². The molecule has 4 N–H and O–H groups in total. The van der Waals surface area contributed by atoms with Crippen molar-refractivity contribution in [2.45, 2.75) is 82.8 Å². The fraction of sp³-hybridized carbons (Fsp3) is 0.552. The molecular formula is C29H40ClN3O9. The zero-order valence-electron chi connectivity index (χ0n) is 24.2. The minimum absolute atomic E-state index is 0.0943. The van der Waals surface area contributed by atoms with E-state index in [1.54, 1.807) is 12.1 Å². The lowest BCUT2D eigenvalue weighted by atomic mass is 9.81. The Morgan fingerprint density at radius 1 is 1.00 bits per heavy atom. The van der Waals surface area contributed by atoms with Gasteiger partial charge in [0.25, 0.3) is 5.91 Å². The lowest BCUT2D eigenvalue weighted by Gasteiger charge is -2.49. The third-order valence-corrected chi connectivity index (χ3v) is 7.51. The number of benzene rings is 1. The number of aliphatic carboxylic acids is 2. The summed E-state index contributed by atoms with van der Waals surface area (Å²) in [5.74, 6) is -2.75. The van der Waals surface area contributed by atoms with Gasteiger partial charge in [0.15, 0.2) is 0 Å². The van der Waals surface area contributed by atoms with Crippen LogP contribution in [0.1, 0.15) is 75.1 Å². The van der Waals surface area contributed by atoms with E-state index < -0.39 is 11.9 Å². The molecular weight excluding hydrogens is 570 g/mol. The number of fused-ring (bicyclic) bond motifs is 2. The average Bonchev–Trinajstić information content (AvgIpc) is 2.92. The van der Waals surface area contributed by atoms with Crippen LogP contribution in [0, 0.1) is 0 Å². The highest BCUT2D eigenvalue weighted by Gasteiger charge is 2.38. The SMILES string of the molecule is COC(=O)CCCCCN1C2CCCC1CC(NC(=O)c1cc(Cl)c(NC(C)=O)cc1OC)C2.O=C(O)/C=C/C(=O)O. The van der Waals surface area contributed by atoms with Crippen LogP contribution >= 0.6 is 11.6 Å². The van der Waals surface area contributed by atoms with Gasteiger partial charge in [-0.1, -0.05) is 24.4 Å². The van der Waals surface area contributed by atoms with Gasteiger partial charge in [-0.15, -0.1) is 0 Å². The highest BCUT2D eigenvalue weighted by atomic mass is 35.5. The molecule has 2 aliphatic heterocycles. The number of nitrogens with zero attached hydrogens (tertiary/aromatic N) is 1. The van der Waals surface area contributed by atoms with Crippen LogP contribution < -0.4 is 15.4 Å². The van der Waals surface area contributed by atoms with Crippen molar-refractivity contribution >= 4 is 47.0 Å². The number of carbonyl (C=O) groups excluding carboxylic acids is 3. The summed E-state index contributed by atoms with van der Waals surface area (Å²) < 4.78 is 10.1. The van der Waals surface area contributed by atoms with Gasteiger partial charge in [0.2, 0.25) is 5.91 Å². The molecule has 13 heteroatoms. The van der Waals surface area contributed by atoms with Crippen molar-refractivity contribution in [3.8, 4) is 5.75 Å². The Bertz CT molecular complexity index is 1130. The summed E-state index contributed by atoms with van der Waals surface area (Å²) in [6.45, 7) is 2.43. The van der Waals surface area contributed by atoms with Gasteiger partial charge in [0.1, 0.15) is 5.75 Å². The number of nitrogens with one attached hydrogen (secondary N) is 2. The lowest BCUT2D eigenvalue weighted by molar-refractivity contribution is -0.140. The van der Waals surface area contributed by atoms with Crippen molar-refractivity contribution in [2.24, 2.45) is 0 Å². The standard InChI is InChI=1S/C25H36ClN3O5.C4H4O4/c1-16(30)27-22-15-23(33-2)20(14-21(22)26)25(32)28-17-12-18-8-7-9-19(13-17)29(18)11-6-4-5-10-24(31)34-3;5-3(6)1-2-4(7)8/h14-15,17-19H,4-13H2,1-3H3,(H,27,30)(H,28,32);1-2H,(H,5,6)(H,7,8)/b;2-1+. The number of ether oxygens (including phenoxy) is 2. The van der Waals surface area contributed by atoms with Crippen LogP contribution in [-0.2, 0) is 23.9 Å². The van der Waals surface area contributed by atoms with Crippen LogP contribution in [-0.4, -0.2) is 83.7 Å². The summed E-state index contributed by atoms with van der Waals surface area (Å²) in [7, 11) is 2.92. The van der Waals surface area contributed by atoms with Gasteiger partial charge in [-0.05, 0) is 51.1 Å². The lowest BCUT2D eigenvalue weighted by Crippen LogP contribution is -2.57. The van der Waals surface area contributed by atoms with Crippen molar-refractivity contribution in [3.05, 3.63) is 34.9 Å². The molecule has 2 unspecified atom stereocenters. The highest BCUT2D eigenvalue weighted by Crippen LogP contribution is 2.35. The molecule has 232 valence electrons. The number of carboxylic acid groups (broad SMARTS) is 2. The maximum absolute atomic E-state index is 13.1. The van der Waals surface area contributed by atoms with Crippen molar-refractivity contribution < 1.29 is 43.7 Å². The Labute approximate surface area is 250 Å². The molecule has 42 heavy (non-hydrogen) atoms. The van der Waals surface area contributed by atoms with E-state index in [4.69, 9.17) is 31.3 Å². The molecule has 0 aromatic heterocycles. The van der Waals surface area contributed by atoms with Crippen LogP contribution in [0.2, 0.25) is 5.02 Å². The second-order valence-electron chi connectivity index (χ2n) is 10.2. The smallest absolute Gasteiger partial charge is 0.328 e. The van der Waals surface area contributed by atoms with Crippen LogP contribution in [0.15, 0.2) is 24.3 Å². The minimum atomic E-state index is -1.26. The molecule has 1 aromatic rings. The normalized spacial score (nSPS) is 19.7. The van der Waals surface area contributed by atoms with Gasteiger partial charge in [-0.2, -0.15) is 0 Å². The third kappa shape index (κ3) is 11.3. The number of unbranched alkanes of at least 4 members (excludes halogenated alkanes) is 2. The van der Waals surface area contributed by atoms with Crippen LogP contribution in [0.3, 0.4) is 0 Å². The van der Waals surface area contributed by atoms with E-state index in [0.29, 0.717) is 52.7 Å². The second-order valence-corrected chi connectivity index (χ2v) is 10.6. The Morgan fingerprint density at radius 3 is 2.14 bits per heavy atom. The zero-order valence-corrected chi connectivity index (χ0v) is 24.9. The average molecular weight is 610 g/mol. The molecule has 2 fully saturated rings. The first-order valence-corrected chi connectivity index (χ1v) is 14.2. The minimum Gasteiger partial charge on any atom is -0.496 e.